The predicted molar refractivity (Wildman–Crippen MR) is 31.8 cm³/mol. The highest BCUT2D eigenvalue weighted by molar-refractivity contribution is 5.67. The van der Waals surface area contributed by atoms with Crippen LogP contribution in [0, 0.1) is 0 Å². The Morgan fingerprint density at radius 3 is 2.78 bits per heavy atom. The van der Waals surface area contributed by atoms with E-state index in [4.69, 9.17) is 10.3 Å². The molecule has 0 heterocycles. The summed E-state index contributed by atoms with van der Waals surface area (Å²) >= 11 is 0. The first kappa shape index (κ1) is 7.94. The van der Waals surface area contributed by atoms with Gasteiger partial charge in [-0.2, -0.15) is 0 Å². The Morgan fingerprint density at radius 1 is 1.67 bits per heavy atom. The molecular formula is C5H9NO3. The third-order valence-electron chi connectivity index (χ3n) is 0.806. The lowest BCUT2D eigenvalue weighted by molar-refractivity contribution is -0.137. The molecule has 0 bridgehead atoms. The fourth-order valence-electron chi connectivity index (χ4n) is 0.402. The Balaban J connectivity index is 3.01. The van der Waals surface area contributed by atoms with E-state index in [1.165, 1.54) is 6.21 Å². The number of rotatable bonds is 4. The van der Waals surface area contributed by atoms with Crippen LogP contribution in [0.5, 0.6) is 0 Å². The summed E-state index contributed by atoms with van der Waals surface area (Å²) in [6, 6.07) is 0. The van der Waals surface area contributed by atoms with E-state index in [1.807, 2.05) is 0 Å². The zero-order valence-electron chi connectivity index (χ0n) is 4.95. The Bertz CT molecular complexity index is 111. The molecular weight excluding hydrogens is 122 g/mol. The molecule has 0 aromatic heterocycles. The van der Waals surface area contributed by atoms with Gasteiger partial charge in [0.05, 0.1) is 0 Å². The van der Waals surface area contributed by atoms with Gasteiger partial charge in [0, 0.05) is 12.6 Å². The Hall–Kier alpha value is -1.06. The van der Waals surface area contributed by atoms with Crippen LogP contribution in [-0.2, 0) is 4.79 Å². The van der Waals surface area contributed by atoms with Gasteiger partial charge in [0.1, 0.15) is 0 Å². The van der Waals surface area contributed by atoms with Crippen molar-refractivity contribution in [2.24, 2.45) is 5.16 Å². The van der Waals surface area contributed by atoms with E-state index in [0.717, 1.165) is 0 Å². The lowest BCUT2D eigenvalue weighted by atomic mass is 10.2. The molecule has 0 saturated heterocycles. The highest BCUT2D eigenvalue weighted by Crippen LogP contribution is 1.91. The van der Waals surface area contributed by atoms with Crippen LogP contribution in [0.1, 0.15) is 19.3 Å². The minimum Gasteiger partial charge on any atom is -0.481 e. The summed E-state index contributed by atoms with van der Waals surface area (Å²) in [5, 5.41) is 18.7. The highest BCUT2D eigenvalue weighted by atomic mass is 16.4. The van der Waals surface area contributed by atoms with Gasteiger partial charge in [0.25, 0.3) is 0 Å². The maximum atomic E-state index is 9.86. The van der Waals surface area contributed by atoms with Gasteiger partial charge in [-0.25, -0.2) is 0 Å². The predicted octanol–water partition coefficient (Wildman–Crippen LogP) is 0.701. The molecule has 4 nitrogen and oxygen atoms in total. The Kier molecular flexibility index (Phi) is 4.49. The third kappa shape index (κ3) is 6.94. The van der Waals surface area contributed by atoms with Crippen LogP contribution in [0.4, 0.5) is 0 Å². The summed E-state index contributed by atoms with van der Waals surface area (Å²) in [4.78, 5) is 9.86. The molecule has 0 aliphatic heterocycles. The summed E-state index contributed by atoms with van der Waals surface area (Å²) in [5.74, 6) is -0.818. The number of nitrogens with zero attached hydrogens (tertiary/aromatic N) is 1. The van der Waals surface area contributed by atoms with Gasteiger partial charge < -0.3 is 10.3 Å². The minimum atomic E-state index is -0.818. The van der Waals surface area contributed by atoms with E-state index < -0.39 is 5.97 Å². The molecule has 4 heteroatoms. The van der Waals surface area contributed by atoms with Crippen molar-refractivity contribution in [1.29, 1.82) is 0 Å². The van der Waals surface area contributed by atoms with Crippen LogP contribution in [-0.4, -0.2) is 22.5 Å². The number of hydrogen-bond donors (Lipinski definition) is 2. The molecule has 0 aromatic carbocycles. The average molecular weight is 131 g/mol. The molecule has 9 heavy (non-hydrogen) atoms. The Labute approximate surface area is 52.8 Å². The maximum absolute atomic E-state index is 9.86. The smallest absolute Gasteiger partial charge is 0.303 e. The average Bonchev–Trinajstić information content (AvgIpc) is 1.80. The van der Waals surface area contributed by atoms with Crippen molar-refractivity contribution in [3.8, 4) is 0 Å². The number of aliphatic carboxylic acids is 1. The molecule has 0 unspecified atom stereocenters. The van der Waals surface area contributed by atoms with Gasteiger partial charge in [0.15, 0.2) is 0 Å². The zero-order chi connectivity index (χ0) is 7.11. The second-order valence-corrected chi connectivity index (χ2v) is 1.58. The fourth-order valence-corrected chi connectivity index (χ4v) is 0.402. The summed E-state index contributed by atoms with van der Waals surface area (Å²) in [7, 11) is 0. The number of oxime groups is 1. The van der Waals surface area contributed by atoms with Crippen LogP contribution in [0.25, 0.3) is 0 Å². The summed E-state index contributed by atoms with van der Waals surface area (Å²) in [5.41, 5.74) is 0. The molecule has 2 N–H and O–H groups in total. The standard InChI is InChI=1S/C5H9NO3/c7-5(8)3-1-2-4-6-9/h4,9H,1-3H2,(H,7,8). The quantitative estimate of drug-likeness (QED) is 0.255. The van der Waals surface area contributed by atoms with Gasteiger partial charge in [0.2, 0.25) is 0 Å². The second kappa shape index (κ2) is 5.08. The largest absolute Gasteiger partial charge is 0.481 e. The van der Waals surface area contributed by atoms with Crippen LogP contribution in [0.3, 0.4) is 0 Å². The lowest BCUT2D eigenvalue weighted by Gasteiger charge is -1.87. The number of carboxylic acids is 1. The summed E-state index contributed by atoms with van der Waals surface area (Å²) in [6.45, 7) is 0. The normalized spacial score (nSPS) is 10.2. The van der Waals surface area contributed by atoms with Crippen molar-refractivity contribution in [3.05, 3.63) is 0 Å². The molecule has 0 saturated carbocycles. The third-order valence-corrected chi connectivity index (χ3v) is 0.806. The highest BCUT2D eigenvalue weighted by Gasteiger charge is 1.92. The van der Waals surface area contributed by atoms with E-state index in [-0.39, 0.29) is 6.42 Å². The van der Waals surface area contributed by atoms with Gasteiger partial charge in [-0.05, 0) is 12.8 Å². The summed E-state index contributed by atoms with van der Waals surface area (Å²) in [6.07, 6.45) is 2.46. The van der Waals surface area contributed by atoms with Crippen molar-refractivity contribution >= 4 is 12.2 Å². The first-order valence-electron chi connectivity index (χ1n) is 2.65. The first-order chi connectivity index (χ1) is 4.27. The topological polar surface area (TPSA) is 69.9 Å². The number of carbonyl (C=O) groups is 1. The van der Waals surface area contributed by atoms with E-state index in [0.29, 0.717) is 12.8 Å². The molecule has 0 spiro atoms. The zero-order valence-corrected chi connectivity index (χ0v) is 4.95. The monoisotopic (exact) mass is 131 g/mol. The molecule has 0 atom stereocenters. The van der Waals surface area contributed by atoms with Crippen molar-refractivity contribution in [3.63, 3.8) is 0 Å². The van der Waals surface area contributed by atoms with Crippen LogP contribution < -0.4 is 0 Å². The molecule has 0 aliphatic rings. The Morgan fingerprint density at radius 2 is 2.33 bits per heavy atom. The molecule has 52 valence electrons. The second-order valence-electron chi connectivity index (χ2n) is 1.58. The fraction of sp³-hybridized carbons (Fsp3) is 0.600. The van der Waals surface area contributed by atoms with Crippen molar-refractivity contribution < 1.29 is 15.1 Å². The van der Waals surface area contributed by atoms with Gasteiger partial charge in [-0.1, -0.05) is 0 Å². The van der Waals surface area contributed by atoms with Gasteiger partial charge >= 0.3 is 5.97 Å². The van der Waals surface area contributed by atoms with E-state index in [1.54, 1.807) is 0 Å². The van der Waals surface area contributed by atoms with E-state index in [2.05, 4.69) is 5.16 Å². The number of hydrogen-bond acceptors (Lipinski definition) is 3. The molecule has 0 aliphatic carbocycles. The SMILES string of the molecule is O=C(O)CCCC=NO. The molecule has 0 rings (SSSR count). The van der Waals surface area contributed by atoms with Crippen LogP contribution >= 0.6 is 0 Å². The van der Waals surface area contributed by atoms with Crippen LogP contribution in [0.2, 0.25) is 0 Å². The van der Waals surface area contributed by atoms with Gasteiger partial charge in [-0.15, -0.1) is 5.16 Å². The summed E-state index contributed by atoms with van der Waals surface area (Å²) < 4.78 is 0. The number of carboxylic acid groups (broad SMARTS) is 1. The van der Waals surface area contributed by atoms with E-state index in [9.17, 15) is 4.79 Å². The molecule has 0 fully saturated rings. The van der Waals surface area contributed by atoms with Crippen molar-refractivity contribution in [2.75, 3.05) is 0 Å². The van der Waals surface area contributed by atoms with Crippen LogP contribution in [0.15, 0.2) is 5.16 Å². The minimum absolute atomic E-state index is 0.131. The molecule has 0 amide bonds. The first-order valence-corrected chi connectivity index (χ1v) is 2.65. The number of unbranched alkanes of at least 4 members (excludes halogenated alkanes) is 1. The van der Waals surface area contributed by atoms with Crippen molar-refractivity contribution in [2.45, 2.75) is 19.3 Å². The van der Waals surface area contributed by atoms with Crippen molar-refractivity contribution in [1.82, 2.24) is 0 Å². The molecule has 0 aromatic rings. The lowest BCUT2D eigenvalue weighted by Crippen LogP contribution is -1.93. The van der Waals surface area contributed by atoms with Gasteiger partial charge in [-0.3, -0.25) is 4.79 Å². The molecule has 0 radical (unpaired) electrons. The maximum Gasteiger partial charge on any atom is 0.303 e. The van der Waals surface area contributed by atoms with E-state index >= 15 is 0 Å².